The first-order valence-corrected chi connectivity index (χ1v) is 16.1. The number of halogens is 2. The number of anilines is 1. The summed E-state index contributed by atoms with van der Waals surface area (Å²) < 4.78 is 37.5. The van der Waals surface area contributed by atoms with E-state index in [2.05, 4.69) is 28.6 Å². The number of fused-ring (bicyclic) bond motifs is 5. The normalized spacial score (nSPS) is 28.5. The largest absolute Gasteiger partial charge is 0.461 e. The molecule has 0 bridgehead atoms. The first-order chi connectivity index (χ1) is 21.9. The highest BCUT2D eigenvalue weighted by molar-refractivity contribution is 5.94. The molecule has 1 aromatic heterocycles. The molecule has 5 atom stereocenters. The molecule has 1 saturated carbocycles. The fourth-order valence-corrected chi connectivity index (χ4v) is 8.57. The van der Waals surface area contributed by atoms with Gasteiger partial charge < -0.3 is 14.5 Å². The van der Waals surface area contributed by atoms with Gasteiger partial charge in [0, 0.05) is 43.5 Å². The molecule has 0 spiro atoms. The fourth-order valence-electron chi connectivity index (χ4n) is 8.57. The number of ether oxygens (including phenoxy) is 1. The molecule has 3 saturated heterocycles. The van der Waals surface area contributed by atoms with Gasteiger partial charge in [0.15, 0.2) is 5.82 Å². The molecule has 2 aromatic carbocycles. The van der Waals surface area contributed by atoms with Crippen molar-refractivity contribution >= 4 is 22.6 Å². The molecule has 8 nitrogen and oxygen atoms in total. The second-order valence-electron chi connectivity index (χ2n) is 13.4. The molecule has 5 aliphatic rings. The Morgan fingerprint density at radius 1 is 1.18 bits per heavy atom. The lowest BCUT2D eigenvalue weighted by molar-refractivity contribution is -0.128. The van der Waals surface area contributed by atoms with Crippen molar-refractivity contribution in [1.82, 2.24) is 19.8 Å². The molecular weight excluding hydrogens is 574 g/mol. The predicted molar refractivity (Wildman–Crippen MR) is 166 cm³/mol. The van der Waals surface area contributed by atoms with Gasteiger partial charge >= 0.3 is 6.01 Å². The monoisotopic (exact) mass is 610 g/mol. The fraction of sp³-hybridized carbons (Fsp3) is 0.486. The Balaban J connectivity index is 1.20. The van der Waals surface area contributed by atoms with Crippen molar-refractivity contribution in [2.45, 2.75) is 62.2 Å². The van der Waals surface area contributed by atoms with E-state index in [1.807, 2.05) is 29.2 Å². The van der Waals surface area contributed by atoms with Gasteiger partial charge in [0.05, 0.1) is 24.1 Å². The van der Waals surface area contributed by atoms with Crippen molar-refractivity contribution in [3.05, 3.63) is 59.9 Å². The minimum atomic E-state index is -0.896. The Morgan fingerprint density at radius 3 is 2.91 bits per heavy atom. The topological polar surface area (TPSA) is 85.6 Å². The molecule has 0 N–H and O–H groups in total. The number of hydrogen-bond acceptors (Lipinski definition) is 7. The predicted octanol–water partition coefficient (Wildman–Crippen LogP) is 5.17. The van der Waals surface area contributed by atoms with Crippen molar-refractivity contribution in [3.8, 4) is 23.2 Å². The van der Waals surface area contributed by atoms with Gasteiger partial charge in [-0.25, -0.2) is 8.78 Å². The standard InChI is InChI=1S/C35H36F2N6O2/c1-2-30(44)43-14-13-41(19-23(43)9-11-38)33-27-8-7-26(24-5-3-6-25-28-15-21(28)16-29(24)25)31(37)32(27)39-34(40-33)45-20-35-10-4-12-42(35)18-22(36)17-35/h2-3,5-8,21-23,28H,1,4,9-10,12-20H2/t21-,22+,23-,28-,35-/m0/s1. The van der Waals surface area contributed by atoms with Gasteiger partial charge in [-0.3, -0.25) is 9.69 Å². The zero-order valence-electron chi connectivity index (χ0n) is 25.2. The number of carbonyl (C=O) groups excluding carboxylic acids is 1. The van der Waals surface area contributed by atoms with E-state index in [0.717, 1.165) is 31.4 Å². The van der Waals surface area contributed by atoms with E-state index in [1.165, 1.54) is 23.6 Å². The third-order valence-corrected chi connectivity index (χ3v) is 10.9. The van der Waals surface area contributed by atoms with Gasteiger partial charge in [0.25, 0.3) is 0 Å². The van der Waals surface area contributed by atoms with Crippen LogP contribution in [0, 0.1) is 23.1 Å². The summed E-state index contributed by atoms with van der Waals surface area (Å²) in [4.78, 5) is 27.9. The molecule has 1 amide bonds. The SMILES string of the molecule is C=CC(=O)N1CCN(c2nc(OC[C@@]34CCCN3C[C@H](F)C4)nc3c(F)c(-c4cccc5c4C[C@@H]4C[C@H]54)ccc23)C[C@@H]1CC#N. The van der Waals surface area contributed by atoms with Crippen molar-refractivity contribution in [2.24, 2.45) is 5.92 Å². The number of alkyl halides is 1. The van der Waals surface area contributed by atoms with E-state index < -0.39 is 17.5 Å². The highest BCUT2D eigenvalue weighted by Crippen LogP contribution is 2.58. The summed E-state index contributed by atoms with van der Waals surface area (Å²) in [7, 11) is 0. The van der Waals surface area contributed by atoms with Crippen LogP contribution in [0.3, 0.4) is 0 Å². The molecule has 0 unspecified atom stereocenters. The van der Waals surface area contributed by atoms with Crippen LogP contribution in [0.4, 0.5) is 14.6 Å². The zero-order chi connectivity index (χ0) is 30.9. The van der Waals surface area contributed by atoms with Crippen LogP contribution < -0.4 is 9.64 Å². The van der Waals surface area contributed by atoms with Crippen LogP contribution in [0.25, 0.3) is 22.0 Å². The van der Waals surface area contributed by atoms with E-state index in [4.69, 9.17) is 9.72 Å². The van der Waals surface area contributed by atoms with E-state index in [0.29, 0.717) is 61.2 Å². The molecule has 10 heteroatoms. The molecule has 8 rings (SSSR count). The van der Waals surface area contributed by atoms with Crippen molar-refractivity contribution in [1.29, 1.82) is 5.26 Å². The van der Waals surface area contributed by atoms with E-state index in [-0.39, 0.29) is 36.5 Å². The minimum Gasteiger partial charge on any atom is -0.461 e. The quantitative estimate of drug-likeness (QED) is 0.342. The highest BCUT2D eigenvalue weighted by Gasteiger charge is 2.49. The second kappa shape index (κ2) is 10.8. The number of nitrogens with zero attached hydrogens (tertiary/aromatic N) is 6. The summed E-state index contributed by atoms with van der Waals surface area (Å²) in [6.07, 6.45) is 4.93. The first kappa shape index (κ1) is 28.4. The second-order valence-corrected chi connectivity index (χ2v) is 13.4. The van der Waals surface area contributed by atoms with E-state index in [1.54, 1.807) is 4.90 Å². The van der Waals surface area contributed by atoms with Gasteiger partial charge in [-0.05, 0) is 72.9 Å². The molecule has 4 heterocycles. The van der Waals surface area contributed by atoms with Gasteiger partial charge in [-0.2, -0.15) is 15.2 Å². The number of nitriles is 1. The number of amides is 1. The van der Waals surface area contributed by atoms with Crippen LogP contribution >= 0.6 is 0 Å². The molecule has 0 radical (unpaired) electrons. The average molecular weight is 611 g/mol. The molecule has 3 aliphatic heterocycles. The number of piperazine rings is 1. The van der Waals surface area contributed by atoms with Gasteiger partial charge in [0.1, 0.15) is 24.1 Å². The zero-order valence-corrected chi connectivity index (χ0v) is 25.2. The molecule has 45 heavy (non-hydrogen) atoms. The smallest absolute Gasteiger partial charge is 0.319 e. The number of hydrogen-bond donors (Lipinski definition) is 0. The van der Waals surface area contributed by atoms with Crippen molar-refractivity contribution in [2.75, 3.05) is 44.2 Å². The Bertz CT molecular complexity index is 1760. The Morgan fingerprint density at radius 2 is 2.07 bits per heavy atom. The first-order valence-electron chi connectivity index (χ1n) is 16.1. The number of aromatic nitrogens is 2. The van der Waals surface area contributed by atoms with Crippen LogP contribution in [0.5, 0.6) is 6.01 Å². The average Bonchev–Trinajstić information content (AvgIpc) is 3.39. The van der Waals surface area contributed by atoms with Crippen LogP contribution in [0.2, 0.25) is 0 Å². The van der Waals surface area contributed by atoms with Gasteiger partial charge in [-0.15, -0.1) is 0 Å². The number of benzene rings is 2. The van der Waals surface area contributed by atoms with Crippen molar-refractivity contribution in [3.63, 3.8) is 0 Å². The maximum absolute atomic E-state index is 16.7. The lowest BCUT2D eigenvalue weighted by Gasteiger charge is -2.41. The summed E-state index contributed by atoms with van der Waals surface area (Å²) >= 11 is 0. The summed E-state index contributed by atoms with van der Waals surface area (Å²) in [6, 6.07) is 11.8. The third kappa shape index (κ3) is 4.66. The summed E-state index contributed by atoms with van der Waals surface area (Å²) in [5, 5.41) is 10.1. The van der Waals surface area contributed by atoms with E-state index in [9.17, 15) is 14.4 Å². The Hall–Kier alpha value is -4.10. The third-order valence-electron chi connectivity index (χ3n) is 10.9. The van der Waals surface area contributed by atoms with Gasteiger partial charge in [0.2, 0.25) is 5.91 Å². The summed E-state index contributed by atoms with van der Waals surface area (Å²) in [6.45, 7) is 6.24. The van der Waals surface area contributed by atoms with E-state index >= 15 is 4.39 Å². The van der Waals surface area contributed by atoms with Crippen molar-refractivity contribution < 1.29 is 18.3 Å². The maximum Gasteiger partial charge on any atom is 0.319 e. The molecular formula is C35H36F2N6O2. The number of carbonyl (C=O) groups is 1. The lowest BCUT2D eigenvalue weighted by Crippen LogP contribution is -2.55. The summed E-state index contributed by atoms with van der Waals surface area (Å²) in [5.74, 6) is 1.12. The highest BCUT2D eigenvalue weighted by atomic mass is 19.1. The Labute approximate surface area is 261 Å². The summed E-state index contributed by atoms with van der Waals surface area (Å²) in [5.41, 5.74) is 3.75. The minimum absolute atomic E-state index is 0.0537. The van der Waals surface area contributed by atoms with Gasteiger partial charge in [-0.1, -0.05) is 30.8 Å². The van der Waals surface area contributed by atoms with Crippen LogP contribution in [0.15, 0.2) is 43.0 Å². The molecule has 232 valence electrons. The lowest BCUT2D eigenvalue weighted by atomic mass is 9.93. The number of rotatable bonds is 7. The van der Waals surface area contributed by atoms with Crippen LogP contribution in [-0.4, -0.2) is 82.8 Å². The molecule has 3 aromatic rings. The maximum atomic E-state index is 16.7. The van der Waals surface area contributed by atoms with Crippen LogP contribution in [-0.2, 0) is 11.2 Å². The Kier molecular flexibility index (Phi) is 6.79. The van der Waals surface area contributed by atoms with Crippen LogP contribution in [0.1, 0.15) is 49.1 Å². The molecule has 2 aliphatic carbocycles. The molecule has 4 fully saturated rings.